The lowest BCUT2D eigenvalue weighted by atomic mass is 10.1. The highest BCUT2D eigenvalue weighted by atomic mass is 16.5. The van der Waals surface area contributed by atoms with E-state index in [1.165, 1.54) is 0 Å². The van der Waals surface area contributed by atoms with Crippen molar-refractivity contribution in [3.05, 3.63) is 0 Å². The third-order valence-electron chi connectivity index (χ3n) is 1.83. The molecule has 3 nitrogen and oxygen atoms in total. The van der Waals surface area contributed by atoms with Gasteiger partial charge in [-0.1, -0.05) is 0 Å². The summed E-state index contributed by atoms with van der Waals surface area (Å²) in [5.74, 6) is -1.40. The molecule has 1 atom stereocenters. The Morgan fingerprint density at radius 2 is 2.11 bits per heavy atom. The van der Waals surface area contributed by atoms with Gasteiger partial charge in [-0.15, -0.1) is 0 Å². The van der Waals surface area contributed by atoms with Gasteiger partial charge in [-0.25, -0.2) is 0 Å². The molecule has 54 valence electrons. The fraction of sp³-hybridized carbons (Fsp3) is 1.00. The molecule has 0 radical (unpaired) electrons. The highest BCUT2D eigenvalue weighted by Gasteiger charge is 2.34. The van der Waals surface area contributed by atoms with E-state index in [1.54, 1.807) is 0 Å². The van der Waals surface area contributed by atoms with Crippen molar-refractivity contribution in [2.75, 3.05) is 6.61 Å². The summed E-state index contributed by atoms with van der Waals surface area (Å²) in [6.45, 7) is 0.0723. The lowest BCUT2D eigenvalue weighted by Gasteiger charge is -2.13. The van der Waals surface area contributed by atoms with Crippen LogP contribution in [0.2, 0.25) is 0 Å². The van der Waals surface area contributed by atoms with E-state index in [0.29, 0.717) is 12.8 Å². The van der Waals surface area contributed by atoms with E-state index in [4.69, 9.17) is 15.3 Å². The van der Waals surface area contributed by atoms with Crippen LogP contribution < -0.4 is 0 Å². The lowest BCUT2D eigenvalue weighted by Crippen LogP contribution is -2.23. The summed E-state index contributed by atoms with van der Waals surface area (Å²) in [6, 6.07) is 0. The highest BCUT2D eigenvalue weighted by molar-refractivity contribution is 4.79. The topological polar surface area (TPSA) is 60.7 Å². The average Bonchev–Trinajstić information content (AvgIpc) is 2.10. The number of aliphatic hydroxyl groups excluding tert-OH is 1. The van der Waals surface area contributed by atoms with Gasteiger partial charge in [-0.2, -0.15) is 0 Å². The maximum absolute atomic E-state index is 8.94. The summed E-state index contributed by atoms with van der Waals surface area (Å²) in [4.78, 5) is 0. The standard InChI is InChI=1S/C6H12O3/c7-4-5-1-2-6(8,9)3-5/h5,7-9H,1-4H2. The monoisotopic (exact) mass is 132 g/mol. The van der Waals surface area contributed by atoms with Gasteiger partial charge in [0, 0.05) is 19.4 Å². The van der Waals surface area contributed by atoms with Crippen LogP contribution >= 0.6 is 0 Å². The van der Waals surface area contributed by atoms with Crippen LogP contribution in [0.25, 0.3) is 0 Å². The number of aliphatic hydroxyl groups is 3. The van der Waals surface area contributed by atoms with Gasteiger partial charge in [-0.05, 0) is 12.3 Å². The van der Waals surface area contributed by atoms with E-state index in [-0.39, 0.29) is 12.5 Å². The first-order valence-corrected chi connectivity index (χ1v) is 3.20. The van der Waals surface area contributed by atoms with Gasteiger partial charge < -0.3 is 15.3 Å². The normalized spacial score (nSPS) is 33.0. The van der Waals surface area contributed by atoms with Crippen LogP contribution in [0, 0.1) is 5.92 Å². The fourth-order valence-corrected chi connectivity index (χ4v) is 1.26. The molecule has 1 unspecified atom stereocenters. The minimum Gasteiger partial charge on any atom is -0.396 e. The van der Waals surface area contributed by atoms with Gasteiger partial charge in [0.2, 0.25) is 0 Å². The Hall–Kier alpha value is -0.120. The number of hydrogen-bond acceptors (Lipinski definition) is 3. The van der Waals surface area contributed by atoms with Gasteiger partial charge in [0.1, 0.15) is 0 Å². The van der Waals surface area contributed by atoms with Crippen molar-refractivity contribution >= 4 is 0 Å². The molecular weight excluding hydrogens is 120 g/mol. The van der Waals surface area contributed by atoms with Crippen molar-refractivity contribution in [1.82, 2.24) is 0 Å². The van der Waals surface area contributed by atoms with Crippen LogP contribution in [-0.2, 0) is 0 Å². The van der Waals surface area contributed by atoms with Crippen molar-refractivity contribution in [1.29, 1.82) is 0 Å². The fourth-order valence-electron chi connectivity index (χ4n) is 1.26. The molecular formula is C6H12O3. The number of hydrogen-bond donors (Lipinski definition) is 3. The predicted octanol–water partition coefficient (Wildman–Crippen LogP) is -0.540. The Morgan fingerprint density at radius 1 is 1.44 bits per heavy atom. The maximum Gasteiger partial charge on any atom is 0.162 e. The molecule has 0 aromatic rings. The Labute approximate surface area is 53.9 Å². The second kappa shape index (κ2) is 2.25. The van der Waals surface area contributed by atoms with E-state index in [1.807, 2.05) is 0 Å². The molecule has 0 bridgehead atoms. The molecule has 3 heteroatoms. The SMILES string of the molecule is OCC1CCC(O)(O)C1. The first-order chi connectivity index (χ1) is 4.14. The summed E-state index contributed by atoms with van der Waals surface area (Å²) >= 11 is 0. The second-order valence-corrected chi connectivity index (χ2v) is 2.77. The van der Waals surface area contributed by atoms with E-state index in [0.717, 1.165) is 6.42 Å². The van der Waals surface area contributed by atoms with Crippen LogP contribution in [0.4, 0.5) is 0 Å². The van der Waals surface area contributed by atoms with E-state index >= 15 is 0 Å². The van der Waals surface area contributed by atoms with Crippen LogP contribution in [0.15, 0.2) is 0 Å². The van der Waals surface area contributed by atoms with Crippen LogP contribution in [-0.4, -0.2) is 27.7 Å². The Bertz CT molecular complexity index is 100. The summed E-state index contributed by atoms with van der Waals surface area (Å²) in [5, 5.41) is 26.5. The maximum atomic E-state index is 8.94. The minimum atomic E-state index is -1.49. The molecule has 1 aliphatic rings. The zero-order valence-electron chi connectivity index (χ0n) is 5.25. The van der Waals surface area contributed by atoms with Gasteiger partial charge in [0.15, 0.2) is 5.79 Å². The zero-order chi connectivity index (χ0) is 6.91. The molecule has 1 saturated carbocycles. The van der Waals surface area contributed by atoms with E-state index in [9.17, 15) is 0 Å². The van der Waals surface area contributed by atoms with Crippen molar-refractivity contribution < 1.29 is 15.3 Å². The second-order valence-electron chi connectivity index (χ2n) is 2.77. The van der Waals surface area contributed by atoms with Crippen molar-refractivity contribution in [3.8, 4) is 0 Å². The summed E-state index contributed by atoms with van der Waals surface area (Å²) in [6.07, 6.45) is 1.45. The zero-order valence-corrected chi connectivity index (χ0v) is 5.25. The predicted molar refractivity (Wildman–Crippen MR) is 31.6 cm³/mol. The molecule has 9 heavy (non-hydrogen) atoms. The lowest BCUT2D eigenvalue weighted by molar-refractivity contribution is -0.156. The molecule has 1 aliphatic carbocycles. The summed E-state index contributed by atoms with van der Waals surface area (Å²) in [5.41, 5.74) is 0. The van der Waals surface area contributed by atoms with Gasteiger partial charge in [0.25, 0.3) is 0 Å². The average molecular weight is 132 g/mol. The Kier molecular flexibility index (Phi) is 1.75. The molecule has 1 fully saturated rings. The first kappa shape index (κ1) is 6.99. The molecule has 0 amide bonds. The Balaban J connectivity index is 2.38. The van der Waals surface area contributed by atoms with Crippen LogP contribution in [0.1, 0.15) is 19.3 Å². The smallest absolute Gasteiger partial charge is 0.162 e. The number of rotatable bonds is 1. The van der Waals surface area contributed by atoms with Gasteiger partial charge in [-0.3, -0.25) is 0 Å². The molecule has 0 saturated heterocycles. The summed E-state index contributed by atoms with van der Waals surface area (Å²) < 4.78 is 0. The Morgan fingerprint density at radius 3 is 2.33 bits per heavy atom. The van der Waals surface area contributed by atoms with Crippen molar-refractivity contribution in [2.45, 2.75) is 25.0 Å². The highest BCUT2D eigenvalue weighted by Crippen LogP contribution is 2.31. The van der Waals surface area contributed by atoms with Crippen LogP contribution in [0.3, 0.4) is 0 Å². The third-order valence-corrected chi connectivity index (χ3v) is 1.83. The third kappa shape index (κ3) is 1.64. The van der Waals surface area contributed by atoms with E-state index in [2.05, 4.69) is 0 Å². The summed E-state index contributed by atoms with van der Waals surface area (Å²) in [7, 11) is 0. The van der Waals surface area contributed by atoms with Gasteiger partial charge >= 0.3 is 0 Å². The first-order valence-electron chi connectivity index (χ1n) is 3.20. The minimum absolute atomic E-state index is 0.0723. The molecule has 0 spiro atoms. The van der Waals surface area contributed by atoms with E-state index < -0.39 is 5.79 Å². The van der Waals surface area contributed by atoms with Crippen molar-refractivity contribution in [2.24, 2.45) is 5.92 Å². The molecule has 0 aromatic heterocycles. The molecule has 0 heterocycles. The van der Waals surface area contributed by atoms with Crippen LogP contribution in [0.5, 0.6) is 0 Å². The molecule has 1 rings (SSSR count). The van der Waals surface area contributed by atoms with Gasteiger partial charge in [0.05, 0.1) is 0 Å². The molecule has 3 N–H and O–H groups in total. The molecule has 0 aromatic carbocycles. The van der Waals surface area contributed by atoms with Crippen molar-refractivity contribution in [3.63, 3.8) is 0 Å². The largest absolute Gasteiger partial charge is 0.396 e. The quantitative estimate of drug-likeness (QED) is 0.420. The molecule has 0 aliphatic heterocycles.